The Morgan fingerprint density at radius 3 is 2.55 bits per heavy atom. The lowest BCUT2D eigenvalue weighted by Gasteiger charge is -2.11. The summed E-state index contributed by atoms with van der Waals surface area (Å²) in [7, 11) is -3.20. The predicted octanol–water partition coefficient (Wildman–Crippen LogP) is 2.53. The van der Waals surface area contributed by atoms with Crippen molar-refractivity contribution >= 4 is 15.5 Å². The minimum Gasteiger partial charge on any atom is -0.384 e. The van der Waals surface area contributed by atoms with E-state index in [4.69, 9.17) is 0 Å². The van der Waals surface area contributed by atoms with Crippen LogP contribution in [0.2, 0.25) is 0 Å². The average Bonchev–Trinajstić information content (AvgIpc) is 2.49. The molecule has 1 aromatic carbocycles. The van der Waals surface area contributed by atoms with Crippen molar-refractivity contribution < 1.29 is 8.42 Å². The van der Waals surface area contributed by atoms with Crippen LogP contribution in [0.5, 0.6) is 0 Å². The third-order valence-electron chi connectivity index (χ3n) is 3.02. The van der Waals surface area contributed by atoms with E-state index in [0.29, 0.717) is 17.1 Å². The SMILES string of the molecule is CCS(=O)(=O)c1ccccc1NCCc1ccccn1. The lowest BCUT2D eigenvalue weighted by atomic mass is 10.2. The minimum absolute atomic E-state index is 0.103. The molecule has 0 aliphatic rings. The first-order valence-corrected chi connectivity index (χ1v) is 8.24. The zero-order chi connectivity index (χ0) is 14.4. The van der Waals surface area contributed by atoms with Gasteiger partial charge in [0.25, 0.3) is 0 Å². The van der Waals surface area contributed by atoms with Crippen LogP contribution in [0.3, 0.4) is 0 Å². The van der Waals surface area contributed by atoms with Gasteiger partial charge >= 0.3 is 0 Å². The second kappa shape index (κ2) is 6.52. The van der Waals surface area contributed by atoms with Crippen LogP contribution in [0.4, 0.5) is 5.69 Å². The molecule has 4 nitrogen and oxygen atoms in total. The molecular formula is C15H18N2O2S. The lowest BCUT2D eigenvalue weighted by molar-refractivity contribution is 0.597. The van der Waals surface area contributed by atoms with Crippen molar-refractivity contribution in [2.45, 2.75) is 18.2 Å². The maximum Gasteiger partial charge on any atom is 0.180 e. The van der Waals surface area contributed by atoms with E-state index in [-0.39, 0.29) is 5.75 Å². The van der Waals surface area contributed by atoms with Crippen molar-refractivity contribution in [2.24, 2.45) is 0 Å². The van der Waals surface area contributed by atoms with Crippen molar-refractivity contribution in [3.05, 3.63) is 54.4 Å². The molecule has 5 heteroatoms. The van der Waals surface area contributed by atoms with Crippen molar-refractivity contribution in [1.82, 2.24) is 4.98 Å². The zero-order valence-electron chi connectivity index (χ0n) is 11.4. The van der Waals surface area contributed by atoms with Crippen LogP contribution in [-0.2, 0) is 16.3 Å². The Labute approximate surface area is 119 Å². The molecule has 2 aromatic rings. The molecule has 0 bridgehead atoms. The lowest BCUT2D eigenvalue weighted by Crippen LogP contribution is -2.11. The summed E-state index contributed by atoms with van der Waals surface area (Å²) in [4.78, 5) is 4.60. The standard InChI is InChI=1S/C15H18N2O2S/c1-2-20(18,19)15-9-4-3-8-14(15)17-12-10-13-7-5-6-11-16-13/h3-9,11,17H,2,10,12H2,1H3. The summed E-state index contributed by atoms with van der Waals surface area (Å²) < 4.78 is 24.0. The molecule has 0 unspecified atom stereocenters. The smallest absolute Gasteiger partial charge is 0.180 e. The van der Waals surface area contributed by atoms with Crippen molar-refractivity contribution in [3.63, 3.8) is 0 Å². The number of nitrogens with one attached hydrogen (secondary N) is 1. The van der Waals surface area contributed by atoms with E-state index in [2.05, 4.69) is 10.3 Å². The van der Waals surface area contributed by atoms with Gasteiger partial charge in [0.2, 0.25) is 0 Å². The number of hydrogen-bond acceptors (Lipinski definition) is 4. The first-order chi connectivity index (χ1) is 9.63. The van der Waals surface area contributed by atoms with Gasteiger partial charge in [-0.25, -0.2) is 8.42 Å². The van der Waals surface area contributed by atoms with E-state index in [1.54, 1.807) is 31.3 Å². The van der Waals surface area contributed by atoms with Gasteiger partial charge in [-0.2, -0.15) is 0 Å². The summed E-state index contributed by atoms with van der Waals surface area (Å²) in [6.45, 7) is 2.30. The van der Waals surface area contributed by atoms with Crippen molar-refractivity contribution in [3.8, 4) is 0 Å². The fraction of sp³-hybridized carbons (Fsp3) is 0.267. The molecule has 1 aromatic heterocycles. The molecule has 0 atom stereocenters. The number of pyridine rings is 1. The Balaban J connectivity index is 2.07. The number of aromatic nitrogens is 1. The second-order valence-electron chi connectivity index (χ2n) is 4.40. The molecule has 106 valence electrons. The van der Waals surface area contributed by atoms with Gasteiger partial charge in [0, 0.05) is 24.9 Å². The molecule has 2 rings (SSSR count). The summed E-state index contributed by atoms with van der Waals surface area (Å²) in [5.41, 5.74) is 1.64. The molecule has 0 amide bonds. The van der Waals surface area contributed by atoms with Gasteiger partial charge in [-0.15, -0.1) is 0 Å². The van der Waals surface area contributed by atoms with Crippen LogP contribution in [-0.4, -0.2) is 25.7 Å². The first-order valence-electron chi connectivity index (χ1n) is 6.59. The molecule has 0 saturated carbocycles. The summed E-state index contributed by atoms with van der Waals surface area (Å²) in [5.74, 6) is 0.103. The van der Waals surface area contributed by atoms with Gasteiger partial charge in [-0.3, -0.25) is 4.98 Å². The maximum absolute atomic E-state index is 12.0. The van der Waals surface area contributed by atoms with Gasteiger partial charge in [-0.1, -0.05) is 25.1 Å². The topological polar surface area (TPSA) is 59.1 Å². The van der Waals surface area contributed by atoms with Gasteiger partial charge in [0.05, 0.1) is 16.3 Å². The number of benzene rings is 1. The molecule has 1 heterocycles. The number of anilines is 1. The fourth-order valence-electron chi connectivity index (χ4n) is 1.91. The van der Waals surface area contributed by atoms with E-state index < -0.39 is 9.84 Å². The molecule has 1 N–H and O–H groups in total. The Hall–Kier alpha value is -1.88. The summed E-state index contributed by atoms with van der Waals surface area (Å²) in [6.07, 6.45) is 2.51. The number of rotatable bonds is 6. The number of hydrogen-bond donors (Lipinski definition) is 1. The van der Waals surface area contributed by atoms with Crippen molar-refractivity contribution in [2.75, 3.05) is 17.6 Å². The highest BCUT2D eigenvalue weighted by molar-refractivity contribution is 7.91. The van der Waals surface area contributed by atoms with Crippen LogP contribution in [0.15, 0.2) is 53.6 Å². The first kappa shape index (κ1) is 14.5. The second-order valence-corrected chi connectivity index (χ2v) is 6.64. The maximum atomic E-state index is 12.0. The quantitative estimate of drug-likeness (QED) is 0.888. The molecule has 0 aliphatic heterocycles. The van der Waals surface area contributed by atoms with E-state index in [0.717, 1.165) is 12.1 Å². The Kier molecular flexibility index (Phi) is 4.74. The highest BCUT2D eigenvalue weighted by Gasteiger charge is 2.15. The molecule has 0 fully saturated rings. The highest BCUT2D eigenvalue weighted by atomic mass is 32.2. The summed E-state index contributed by atoms with van der Waals surface area (Å²) >= 11 is 0. The zero-order valence-corrected chi connectivity index (χ0v) is 12.2. The number of sulfone groups is 1. The molecule has 0 saturated heterocycles. The average molecular weight is 290 g/mol. The van der Waals surface area contributed by atoms with Gasteiger partial charge in [0.1, 0.15) is 0 Å². The van der Waals surface area contributed by atoms with Crippen molar-refractivity contribution in [1.29, 1.82) is 0 Å². The van der Waals surface area contributed by atoms with E-state index >= 15 is 0 Å². The number of nitrogens with zero attached hydrogens (tertiary/aromatic N) is 1. The fourth-order valence-corrected chi connectivity index (χ4v) is 2.98. The van der Waals surface area contributed by atoms with Crippen LogP contribution >= 0.6 is 0 Å². The molecule has 20 heavy (non-hydrogen) atoms. The highest BCUT2D eigenvalue weighted by Crippen LogP contribution is 2.21. The molecule has 0 aliphatic carbocycles. The minimum atomic E-state index is -3.20. The van der Waals surface area contributed by atoms with Crippen LogP contribution in [0, 0.1) is 0 Å². The predicted molar refractivity (Wildman–Crippen MR) is 80.6 cm³/mol. The number of para-hydroxylation sites is 1. The van der Waals surface area contributed by atoms with E-state index in [1.165, 1.54) is 0 Å². The van der Waals surface area contributed by atoms with E-state index in [9.17, 15) is 8.42 Å². The van der Waals surface area contributed by atoms with Crippen LogP contribution < -0.4 is 5.32 Å². The van der Waals surface area contributed by atoms with Crippen LogP contribution in [0.1, 0.15) is 12.6 Å². The van der Waals surface area contributed by atoms with Gasteiger partial charge in [-0.05, 0) is 24.3 Å². The monoisotopic (exact) mass is 290 g/mol. The van der Waals surface area contributed by atoms with Crippen LogP contribution in [0.25, 0.3) is 0 Å². The van der Waals surface area contributed by atoms with Gasteiger partial charge in [0.15, 0.2) is 9.84 Å². The third-order valence-corrected chi connectivity index (χ3v) is 4.81. The Bertz CT molecular complexity index is 655. The normalized spacial score (nSPS) is 11.2. The largest absolute Gasteiger partial charge is 0.384 e. The molecular weight excluding hydrogens is 272 g/mol. The summed E-state index contributed by atoms with van der Waals surface area (Å²) in [5, 5.41) is 3.18. The third kappa shape index (κ3) is 3.57. The Morgan fingerprint density at radius 2 is 1.85 bits per heavy atom. The van der Waals surface area contributed by atoms with E-state index in [1.807, 2.05) is 24.3 Å². The Morgan fingerprint density at radius 1 is 1.10 bits per heavy atom. The summed E-state index contributed by atoms with van der Waals surface area (Å²) in [6, 6.07) is 12.8. The molecule has 0 spiro atoms. The van der Waals surface area contributed by atoms with Gasteiger partial charge < -0.3 is 5.32 Å². The molecule has 0 radical (unpaired) electrons.